The second-order valence-corrected chi connectivity index (χ2v) is 7.52. The maximum absolute atomic E-state index is 11.6. The van der Waals surface area contributed by atoms with Gasteiger partial charge in [-0.05, 0) is 49.9 Å². The minimum absolute atomic E-state index is 0.192. The third-order valence-electron chi connectivity index (χ3n) is 6.11. The highest BCUT2D eigenvalue weighted by atomic mass is 16.4. The largest absolute Gasteiger partial charge is 0.480 e. The number of carbonyl (C=O) groups is 1. The van der Waals surface area contributed by atoms with Crippen LogP contribution in [0.3, 0.4) is 0 Å². The molecular weight excluding hydrogens is 250 g/mol. The van der Waals surface area contributed by atoms with E-state index >= 15 is 0 Å². The maximum Gasteiger partial charge on any atom is 0.320 e. The van der Waals surface area contributed by atoms with Crippen LogP contribution in [-0.2, 0) is 4.79 Å². The van der Waals surface area contributed by atoms with Crippen molar-refractivity contribution in [3.05, 3.63) is 0 Å². The number of carboxylic acids is 1. The van der Waals surface area contributed by atoms with Crippen LogP contribution in [0.2, 0.25) is 0 Å². The van der Waals surface area contributed by atoms with Gasteiger partial charge in [0.15, 0.2) is 0 Å². The van der Waals surface area contributed by atoms with Crippen molar-refractivity contribution in [1.29, 1.82) is 0 Å². The van der Waals surface area contributed by atoms with Crippen molar-refractivity contribution >= 4 is 5.97 Å². The van der Waals surface area contributed by atoms with E-state index in [1.807, 2.05) is 0 Å². The van der Waals surface area contributed by atoms with Crippen LogP contribution in [0.5, 0.6) is 0 Å². The first-order valence-corrected chi connectivity index (χ1v) is 8.63. The lowest BCUT2D eigenvalue weighted by molar-refractivity contribution is -0.143. The molecule has 0 aromatic heterocycles. The molecule has 2 aliphatic carbocycles. The minimum atomic E-state index is -0.580. The molecule has 114 valence electrons. The van der Waals surface area contributed by atoms with Crippen LogP contribution in [0.15, 0.2) is 0 Å². The molecule has 3 unspecified atom stereocenters. The lowest BCUT2D eigenvalue weighted by Crippen LogP contribution is -2.45. The molecule has 0 bridgehead atoms. The highest BCUT2D eigenvalue weighted by Crippen LogP contribution is 2.41. The van der Waals surface area contributed by atoms with Crippen molar-refractivity contribution in [3.63, 3.8) is 0 Å². The molecule has 1 aliphatic heterocycles. The van der Waals surface area contributed by atoms with Crippen molar-refractivity contribution in [2.45, 2.75) is 76.8 Å². The molecule has 1 N–H and O–H groups in total. The second kappa shape index (κ2) is 6.05. The van der Waals surface area contributed by atoms with Gasteiger partial charge in [0, 0.05) is 12.6 Å². The summed E-state index contributed by atoms with van der Waals surface area (Å²) in [4.78, 5) is 14.0. The molecule has 0 spiro atoms. The number of hydrogen-bond donors (Lipinski definition) is 1. The molecule has 3 fully saturated rings. The smallest absolute Gasteiger partial charge is 0.320 e. The summed E-state index contributed by atoms with van der Waals surface area (Å²) in [5.41, 5.74) is 0. The van der Waals surface area contributed by atoms with Gasteiger partial charge in [-0.1, -0.05) is 32.6 Å². The minimum Gasteiger partial charge on any atom is -0.480 e. The van der Waals surface area contributed by atoms with Crippen LogP contribution in [0.4, 0.5) is 0 Å². The zero-order chi connectivity index (χ0) is 14.1. The van der Waals surface area contributed by atoms with Crippen LogP contribution >= 0.6 is 0 Å². The molecule has 1 saturated heterocycles. The Labute approximate surface area is 122 Å². The lowest BCUT2D eigenvalue weighted by atomic mass is 9.82. The molecule has 3 heteroatoms. The first-order chi connectivity index (χ1) is 9.65. The van der Waals surface area contributed by atoms with Gasteiger partial charge in [-0.2, -0.15) is 0 Å². The second-order valence-electron chi connectivity index (χ2n) is 7.52. The Hall–Kier alpha value is -0.570. The molecule has 20 heavy (non-hydrogen) atoms. The van der Waals surface area contributed by atoms with Crippen LogP contribution in [-0.4, -0.2) is 34.6 Å². The van der Waals surface area contributed by atoms with Crippen molar-refractivity contribution in [1.82, 2.24) is 4.90 Å². The summed E-state index contributed by atoms with van der Waals surface area (Å²) in [5, 5.41) is 9.56. The van der Waals surface area contributed by atoms with Gasteiger partial charge in [-0.25, -0.2) is 0 Å². The van der Waals surface area contributed by atoms with E-state index < -0.39 is 5.97 Å². The van der Waals surface area contributed by atoms with E-state index in [9.17, 15) is 9.90 Å². The van der Waals surface area contributed by atoms with E-state index in [1.165, 1.54) is 51.4 Å². The Bertz CT molecular complexity index is 349. The fraction of sp³-hybridized carbons (Fsp3) is 0.941. The van der Waals surface area contributed by atoms with Crippen molar-refractivity contribution < 1.29 is 9.90 Å². The number of fused-ring (bicyclic) bond motifs is 1. The van der Waals surface area contributed by atoms with Gasteiger partial charge in [-0.15, -0.1) is 0 Å². The summed E-state index contributed by atoms with van der Waals surface area (Å²) in [6.45, 7) is 3.40. The molecule has 3 aliphatic rings. The van der Waals surface area contributed by atoms with Crippen LogP contribution in [0.25, 0.3) is 0 Å². The van der Waals surface area contributed by atoms with Crippen LogP contribution in [0.1, 0.15) is 64.7 Å². The molecular formula is C17H29NO2. The molecule has 1 heterocycles. The highest BCUT2D eigenvalue weighted by Gasteiger charge is 2.45. The summed E-state index contributed by atoms with van der Waals surface area (Å²) in [5.74, 6) is 1.70. The summed E-state index contributed by atoms with van der Waals surface area (Å²) >= 11 is 0. The third-order valence-corrected chi connectivity index (χ3v) is 6.11. The quantitative estimate of drug-likeness (QED) is 0.859. The zero-order valence-corrected chi connectivity index (χ0v) is 12.8. The van der Waals surface area contributed by atoms with Crippen LogP contribution < -0.4 is 0 Å². The van der Waals surface area contributed by atoms with Gasteiger partial charge in [0.25, 0.3) is 0 Å². The first kappa shape index (κ1) is 14.4. The van der Waals surface area contributed by atoms with E-state index in [4.69, 9.17) is 0 Å². The molecule has 0 amide bonds. The summed E-state index contributed by atoms with van der Waals surface area (Å²) in [6, 6.07) is 0.381. The average molecular weight is 279 g/mol. The molecule has 3 nitrogen and oxygen atoms in total. The zero-order valence-electron chi connectivity index (χ0n) is 12.8. The summed E-state index contributed by atoms with van der Waals surface area (Å²) in [7, 11) is 0. The number of carboxylic acid groups (broad SMARTS) is 1. The predicted octanol–water partition coefficient (Wildman–Crippen LogP) is 3.53. The first-order valence-electron chi connectivity index (χ1n) is 8.63. The Kier molecular flexibility index (Phi) is 4.34. The van der Waals surface area contributed by atoms with E-state index in [0.29, 0.717) is 12.0 Å². The highest BCUT2D eigenvalue weighted by molar-refractivity contribution is 5.74. The molecule has 3 atom stereocenters. The number of nitrogens with zero attached hydrogens (tertiary/aromatic N) is 1. The van der Waals surface area contributed by atoms with E-state index in [-0.39, 0.29) is 6.04 Å². The SMILES string of the molecule is CC1CCC(CN2C(C(=O)O)CC3CCCCC32)CC1. The Morgan fingerprint density at radius 2 is 1.80 bits per heavy atom. The number of aliphatic carboxylic acids is 1. The van der Waals surface area contributed by atoms with E-state index in [1.54, 1.807) is 0 Å². The van der Waals surface area contributed by atoms with Gasteiger partial charge in [0.1, 0.15) is 6.04 Å². The van der Waals surface area contributed by atoms with Crippen molar-refractivity contribution in [3.8, 4) is 0 Å². The third kappa shape index (κ3) is 2.88. The number of hydrogen-bond acceptors (Lipinski definition) is 2. The van der Waals surface area contributed by atoms with E-state index in [0.717, 1.165) is 24.8 Å². The Morgan fingerprint density at radius 3 is 2.50 bits per heavy atom. The predicted molar refractivity (Wildman–Crippen MR) is 79.6 cm³/mol. The average Bonchev–Trinajstić information content (AvgIpc) is 2.81. The monoisotopic (exact) mass is 279 g/mol. The standard InChI is InChI=1S/C17H29NO2/c1-12-6-8-13(9-7-12)11-18-15-5-3-2-4-14(15)10-16(18)17(19)20/h12-16H,2-11H2,1H3,(H,19,20). The van der Waals surface area contributed by atoms with Gasteiger partial charge >= 0.3 is 5.97 Å². The normalized spacial score (nSPS) is 42.4. The maximum atomic E-state index is 11.6. The summed E-state index contributed by atoms with van der Waals surface area (Å²) < 4.78 is 0. The molecule has 0 aromatic carbocycles. The van der Waals surface area contributed by atoms with Gasteiger partial charge in [-0.3, -0.25) is 9.69 Å². The topological polar surface area (TPSA) is 40.5 Å². The Morgan fingerprint density at radius 1 is 1.10 bits per heavy atom. The molecule has 3 rings (SSSR count). The number of likely N-dealkylation sites (tertiary alicyclic amines) is 1. The fourth-order valence-electron chi connectivity index (χ4n) is 4.87. The van der Waals surface area contributed by atoms with E-state index in [2.05, 4.69) is 11.8 Å². The molecule has 0 radical (unpaired) electrons. The van der Waals surface area contributed by atoms with Crippen molar-refractivity contribution in [2.24, 2.45) is 17.8 Å². The summed E-state index contributed by atoms with van der Waals surface area (Å²) in [6.07, 6.45) is 11.3. The van der Waals surface area contributed by atoms with Gasteiger partial charge < -0.3 is 5.11 Å². The Balaban J connectivity index is 1.66. The number of rotatable bonds is 3. The fourth-order valence-corrected chi connectivity index (χ4v) is 4.87. The van der Waals surface area contributed by atoms with Gasteiger partial charge in [0.05, 0.1) is 0 Å². The van der Waals surface area contributed by atoms with Gasteiger partial charge in [0.2, 0.25) is 0 Å². The van der Waals surface area contributed by atoms with Crippen LogP contribution in [0, 0.1) is 17.8 Å². The lowest BCUT2D eigenvalue weighted by Gasteiger charge is -2.37. The van der Waals surface area contributed by atoms with Crippen molar-refractivity contribution in [2.75, 3.05) is 6.54 Å². The molecule has 0 aromatic rings. The molecule has 2 saturated carbocycles.